The number of hydrogen-bond donors (Lipinski definition) is 0. The molecule has 1 aromatic carbocycles. The third kappa shape index (κ3) is 4.69. The van der Waals surface area contributed by atoms with Crippen LogP contribution in [0.25, 0.3) is 0 Å². The lowest BCUT2D eigenvalue weighted by atomic mass is 9.67. The van der Waals surface area contributed by atoms with Gasteiger partial charge < -0.3 is 0 Å². The van der Waals surface area contributed by atoms with Crippen molar-refractivity contribution in [2.45, 2.75) is 75.7 Å². The summed E-state index contributed by atoms with van der Waals surface area (Å²) in [6.45, 7) is 8.28. The second-order valence-electron chi connectivity index (χ2n) is 9.82. The van der Waals surface area contributed by atoms with Gasteiger partial charge >= 0.3 is 6.18 Å². The summed E-state index contributed by atoms with van der Waals surface area (Å²) in [5, 5.41) is 0. The zero-order chi connectivity index (χ0) is 25.6. The fraction of sp³-hybridized carbons (Fsp3) is 0.542. The Kier molecular flexibility index (Phi) is 6.87. The number of carbonyl (C=O) groups excluding carboxylic acids is 1. The van der Waals surface area contributed by atoms with Gasteiger partial charge in [-0.3, -0.25) is 14.2 Å². The molecule has 0 spiro atoms. The number of benzene rings is 1. The van der Waals surface area contributed by atoms with Gasteiger partial charge in [-0.25, -0.2) is 13.4 Å². The molecule has 0 unspecified atom stereocenters. The monoisotopic (exact) mass is 498 g/mol. The molecule has 2 aromatic rings. The quantitative estimate of drug-likeness (QED) is 0.502. The molecule has 0 amide bonds. The standard InChI is InChI=1S/C24H29F3N2O4S/c1-14(2)29-13-28-21(15(3)22(29)31)20(30)11-16-9-18(10-16)23(4,5)34(32,33)19-8-6-7-17(12-19)24(25,26)27/h6-8,12-14,16,18H,9-11H2,1-5H3. The van der Waals surface area contributed by atoms with Crippen molar-refractivity contribution in [1.82, 2.24) is 9.55 Å². The van der Waals surface area contributed by atoms with Crippen LogP contribution in [0.15, 0.2) is 40.3 Å². The van der Waals surface area contributed by atoms with Crippen LogP contribution >= 0.6 is 0 Å². The first-order valence-electron chi connectivity index (χ1n) is 11.1. The molecule has 0 saturated heterocycles. The van der Waals surface area contributed by atoms with Crippen molar-refractivity contribution < 1.29 is 26.4 Å². The molecule has 34 heavy (non-hydrogen) atoms. The molecule has 1 heterocycles. The number of nitrogens with zero attached hydrogens (tertiary/aromatic N) is 2. The van der Waals surface area contributed by atoms with E-state index in [2.05, 4.69) is 4.98 Å². The van der Waals surface area contributed by atoms with Crippen molar-refractivity contribution in [3.8, 4) is 0 Å². The van der Waals surface area contributed by atoms with Crippen LogP contribution in [0.3, 0.4) is 0 Å². The summed E-state index contributed by atoms with van der Waals surface area (Å²) >= 11 is 0. The van der Waals surface area contributed by atoms with Gasteiger partial charge in [0, 0.05) is 18.0 Å². The number of rotatable bonds is 7. The molecule has 0 bridgehead atoms. The Balaban J connectivity index is 1.72. The molecule has 0 aliphatic heterocycles. The summed E-state index contributed by atoms with van der Waals surface area (Å²) in [5.41, 5.74) is -0.873. The summed E-state index contributed by atoms with van der Waals surface area (Å²) < 4.78 is 65.7. The highest BCUT2D eigenvalue weighted by Crippen LogP contribution is 2.48. The van der Waals surface area contributed by atoms with E-state index in [4.69, 9.17) is 0 Å². The number of Topliss-reactive ketones (excluding diaryl/α,β-unsaturated/α-hetero) is 1. The van der Waals surface area contributed by atoms with E-state index in [1.807, 2.05) is 13.8 Å². The van der Waals surface area contributed by atoms with Crippen LogP contribution in [-0.4, -0.2) is 28.5 Å². The SMILES string of the molecule is Cc1c(C(=O)CC2CC(C(C)(C)S(=O)(=O)c3cccc(C(F)(F)F)c3)C2)ncn(C(C)C)c1=O. The van der Waals surface area contributed by atoms with E-state index < -0.39 is 26.3 Å². The Morgan fingerprint density at radius 1 is 1.21 bits per heavy atom. The Labute approximate surface area is 197 Å². The van der Waals surface area contributed by atoms with E-state index in [0.717, 1.165) is 12.1 Å². The Morgan fingerprint density at radius 3 is 2.38 bits per heavy atom. The first-order valence-corrected chi connectivity index (χ1v) is 12.6. The largest absolute Gasteiger partial charge is 0.416 e. The van der Waals surface area contributed by atoms with E-state index in [0.29, 0.717) is 18.9 Å². The zero-order valence-electron chi connectivity index (χ0n) is 19.8. The van der Waals surface area contributed by atoms with Crippen molar-refractivity contribution in [3.63, 3.8) is 0 Å². The van der Waals surface area contributed by atoms with Crippen molar-refractivity contribution in [3.05, 3.63) is 57.8 Å². The topological polar surface area (TPSA) is 86.1 Å². The maximum atomic E-state index is 13.2. The van der Waals surface area contributed by atoms with Gasteiger partial charge in [0.25, 0.3) is 5.56 Å². The second kappa shape index (κ2) is 8.94. The van der Waals surface area contributed by atoms with Crippen LogP contribution in [0.2, 0.25) is 0 Å². The lowest BCUT2D eigenvalue weighted by Crippen LogP contribution is -2.47. The highest BCUT2D eigenvalue weighted by molar-refractivity contribution is 7.92. The normalized spacial score (nSPS) is 19.2. The van der Waals surface area contributed by atoms with Crippen molar-refractivity contribution in [1.29, 1.82) is 0 Å². The zero-order valence-corrected chi connectivity index (χ0v) is 20.6. The lowest BCUT2D eigenvalue weighted by molar-refractivity contribution is -0.137. The maximum absolute atomic E-state index is 13.2. The van der Waals surface area contributed by atoms with Gasteiger partial charge in [-0.2, -0.15) is 13.2 Å². The molecule has 0 atom stereocenters. The van der Waals surface area contributed by atoms with Crippen LogP contribution in [-0.2, 0) is 16.0 Å². The minimum Gasteiger partial charge on any atom is -0.296 e. The highest BCUT2D eigenvalue weighted by atomic mass is 32.2. The van der Waals surface area contributed by atoms with Gasteiger partial charge in [0.05, 0.1) is 21.5 Å². The minimum atomic E-state index is -4.64. The van der Waals surface area contributed by atoms with E-state index in [1.165, 1.54) is 30.8 Å². The Morgan fingerprint density at radius 2 is 1.82 bits per heavy atom. The molecule has 1 aliphatic rings. The highest BCUT2D eigenvalue weighted by Gasteiger charge is 2.49. The molecule has 1 fully saturated rings. The number of aromatic nitrogens is 2. The smallest absolute Gasteiger partial charge is 0.296 e. The molecular weight excluding hydrogens is 469 g/mol. The van der Waals surface area contributed by atoms with Gasteiger partial charge in [0.15, 0.2) is 15.6 Å². The maximum Gasteiger partial charge on any atom is 0.416 e. The van der Waals surface area contributed by atoms with E-state index in [1.54, 1.807) is 6.92 Å². The first-order chi connectivity index (χ1) is 15.6. The predicted molar refractivity (Wildman–Crippen MR) is 121 cm³/mol. The summed E-state index contributed by atoms with van der Waals surface area (Å²) in [5.74, 6) is -0.664. The molecule has 10 heteroatoms. The van der Waals surface area contributed by atoms with E-state index in [9.17, 15) is 31.2 Å². The van der Waals surface area contributed by atoms with Crippen LogP contribution < -0.4 is 5.56 Å². The molecule has 0 radical (unpaired) electrons. The molecular formula is C24H29F3N2O4S. The summed E-state index contributed by atoms with van der Waals surface area (Å²) in [6.07, 6.45) is -2.26. The number of hydrogen-bond acceptors (Lipinski definition) is 5. The fourth-order valence-electron chi connectivity index (χ4n) is 4.40. The van der Waals surface area contributed by atoms with Crippen molar-refractivity contribution in [2.75, 3.05) is 0 Å². The van der Waals surface area contributed by atoms with Crippen molar-refractivity contribution >= 4 is 15.6 Å². The fourth-order valence-corrected chi connectivity index (χ4v) is 6.18. The van der Waals surface area contributed by atoms with Crippen molar-refractivity contribution in [2.24, 2.45) is 11.8 Å². The van der Waals surface area contributed by atoms with Gasteiger partial charge in [-0.05, 0) is 77.5 Å². The van der Waals surface area contributed by atoms with Crippen LogP contribution in [0, 0.1) is 18.8 Å². The molecule has 3 rings (SSSR count). The predicted octanol–water partition coefficient (Wildman–Crippen LogP) is 5.00. The number of halogens is 3. The average molecular weight is 499 g/mol. The second-order valence-corrected chi connectivity index (χ2v) is 12.3. The van der Waals surface area contributed by atoms with E-state index >= 15 is 0 Å². The third-order valence-corrected chi connectivity index (χ3v) is 9.49. The number of carbonyl (C=O) groups is 1. The third-order valence-electron chi connectivity index (χ3n) is 6.90. The number of alkyl halides is 3. The lowest BCUT2D eigenvalue weighted by Gasteiger charge is -2.44. The first kappa shape index (κ1) is 26.1. The van der Waals surface area contributed by atoms with Gasteiger partial charge in [0.1, 0.15) is 5.69 Å². The molecule has 186 valence electrons. The number of sulfone groups is 1. The molecule has 1 aliphatic carbocycles. The van der Waals surface area contributed by atoms with Crippen LogP contribution in [0.4, 0.5) is 13.2 Å². The summed E-state index contributed by atoms with van der Waals surface area (Å²) in [6, 6.07) is 3.70. The summed E-state index contributed by atoms with van der Waals surface area (Å²) in [4.78, 5) is 29.0. The number of ketones is 1. The van der Waals surface area contributed by atoms with Gasteiger partial charge in [-0.15, -0.1) is 0 Å². The van der Waals surface area contributed by atoms with Gasteiger partial charge in [0.2, 0.25) is 0 Å². The molecule has 1 saturated carbocycles. The Hall–Kier alpha value is -2.49. The van der Waals surface area contributed by atoms with Crippen LogP contribution in [0.1, 0.15) is 74.6 Å². The summed E-state index contributed by atoms with van der Waals surface area (Å²) in [7, 11) is -4.05. The average Bonchev–Trinajstić information content (AvgIpc) is 2.71. The van der Waals surface area contributed by atoms with E-state index in [-0.39, 0.29) is 51.8 Å². The molecule has 1 aromatic heterocycles. The van der Waals surface area contributed by atoms with Crippen LogP contribution in [0.5, 0.6) is 0 Å². The van der Waals surface area contributed by atoms with Gasteiger partial charge in [-0.1, -0.05) is 6.07 Å². The minimum absolute atomic E-state index is 0.0813. The molecule has 6 nitrogen and oxygen atoms in total. The molecule has 0 N–H and O–H groups in total. The Bertz CT molecular complexity index is 1260.